The van der Waals surface area contributed by atoms with Crippen molar-refractivity contribution in [3.63, 3.8) is 0 Å². The molecular weight excluding hydrogens is 989 g/mol. The van der Waals surface area contributed by atoms with Gasteiger partial charge in [0.15, 0.2) is 5.82 Å². The third kappa shape index (κ3) is 7.73. The molecule has 0 aliphatic carbocycles. The number of nitriles is 3. The third-order valence-electron chi connectivity index (χ3n) is 15.8. The number of benzene rings is 11. The highest BCUT2D eigenvalue weighted by Gasteiger charge is 2.21. The van der Waals surface area contributed by atoms with Crippen molar-refractivity contribution in [2.24, 2.45) is 0 Å². The van der Waals surface area contributed by atoms with E-state index in [1.54, 1.807) is 18.2 Å². The van der Waals surface area contributed by atoms with Gasteiger partial charge in [-0.15, -0.1) is 0 Å². The average Bonchev–Trinajstić information content (AvgIpc) is 4.39. The van der Waals surface area contributed by atoms with E-state index in [0.29, 0.717) is 33.9 Å². The van der Waals surface area contributed by atoms with Crippen LogP contribution in [0.1, 0.15) is 16.7 Å². The predicted octanol–water partition coefficient (Wildman–Crippen LogP) is 17.7. The van der Waals surface area contributed by atoms with Gasteiger partial charge in [0.1, 0.15) is 6.07 Å². The monoisotopic (exact) mass is 1030 g/mol. The molecule has 0 aliphatic rings. The Bertz CT molecular complexity index is 4860. The van der Waals surface area contributed by atoms with E-state index >= 15 is 0 Å². The maximum Gasteiger partial charge on any atom is 0.160 e. The van der Waals surface area contributed by atoms with Gasteiger partial charge >= 0.3 is 0 Å². The summed E-state index contributed by atoms with van der Waals surface area (Å²) in [6.45, 7) is 0. The van der Waals surface area contributed by atoms with Gasteiger partial charge in [-0.3, -0.25) is 0 Å². The maximum absolute atomic E-state index is 11.1. The topological polar surface area (TPSA) is 112 Å². The first-order valence-electron chi connectivity index (χ1n) is 26.7. The van der Waals surface area contributed by atoms with Gasteiger partial charge in [0.2, 0.25) is 0 Å². The molecule has 0 N–H and O–H groups in total. The first kappa shape index (κ1) is 46.7. The van der Waals surface area contributed by atoms with Crippen LogP contribution < -0.4 is 0 Å². The van der Waals surface area contributed by atoms with Gasteiger partial charge < -0.3 is 13.7 Å². The fourth-order valence-corrected chi connectivity index (χ4v) is 12.0. The van der Waals surface area contributed by atoms with E-state index in [4.69, 9.17) is 9.97 Å². The summed E-state index contributed by atoms with van der Waals surface area (Å²) in [7, 11) is 0. The van der Waals surface area contributed by atoms with Crippen molar-refractivity contribution >= 4 is 65.4 Å². The third-order valence-corrected chi connectivity index (χ3v) is 15.8. The van der Waals surface area contributed by atoms with Gasteiger partial charge in [0, 0.05) is 60.4 Å². The largest absolute Gasteiger partial charge is 0.309 e. The number of nitrogens with zero attached hydrogens (tertiary/aromatic N) is 8. The summed E-state index contributed by atoms with van der Waals surface area (Å²) in [5.74, 6) is 0.486. The molecule has 0 amide bonds. The van der Waals surface area contributed by atoms with E-state index in [-0.39, 0.29) is 0 Å². The molecule has 0 aliphatic heterocycles. The zero-order valence-electron chi connectivity index (χ0n) is 43.3. The highest BCUT2D eigenvalue weighted by molar-refractivity contribution is 6.14. The lowest BCUT2D eigenvalue weighted by Crippen LogP contribution is -1.99. The molecule has 8 nitrogen and oxygen atoms in total. The van der Waals surface area contributed by atoms with Crippen LogP contribution >= 0.6 is 0 Å². The lowest BCUT2D eigenvalue weighted by Gasteiger charge is -2.13. The molecule has 81 heavy (non-hydrogen) atoms. The summed E-state index contributed by atoms with van der Waals surface area (Å²) < 4.78 is 6.99. The summed E-state index contributed by atoms with van der Waals surface area (Å²) in [5.41, 5.74) is 19.0. The van der Waals surface area contributed by atoms with E-state index in [1.165, 1.54) is 21.5 Å². The Balaban J connectivity index is 0.803. The molecule has 8 heteroatoms. The van der Waals surface area contributed by atoms with E-state index in [0.717, 1.165) is 99.9 Å². The molecule has 0 saturated carbocycles. The standard InChI is InChI=1S/C73H42N8/c74-43-46-11-9-13-53(37-46)65-42-64(77-73(78-65)54-14-10-12-47(38-54)44-75)51-29-27-49(28-30-51)48-23-25-50(26-24-48)52-31-34-66(55(39-52)45-76)81-71-35-32-56(79-67-19-5-1-15-58(67)59-16-2-6-20-68(59)79)40-62(71)63-41-57(33-36-72(63)81)80-69-21-7-3-17-60(69)61-18-4-8-22-70(61)80/h1-42H. The molecule has 374 valence electrons. The van der Waals surface area contributed by atoms with Gasteiger partial charge in [-0.1, -0.05) is 152 Å². The molecule has 0 atom stereocenters. The minimum Gasteiger partial charge on any atom is -0.309 e. The number of fused-ring (bicyclic) bond motifs is 9. The van der Waals surface area contributed by atoms with Gasteiger partial charge in [0.25, 0.3) is 0 Å². The Hall–Kier alpha value is -11.6. The summed E-state index contributed by atoms with van der Waals surface area (Å²) in [6, 6.07) is 94.5. The number of rotatable bonds is 8. The Kier molecular flexibility index (Phi) is 10.8. The molecule has 0 unspecified atom stereocenters. The molecule has 4 heterocycles. The molecule has 0 bridgehead atoms. The van der Waals surface area contributed by atoms with Crippen LogP contribution in [0.25, 0.3) is 139 Å². The molecule has 4 aromatic heterocycles. The minimum atomic E-state index is 0.486. The maximum atomic E-state index is 11.1. The van der Waals surface area contributed by atoms with Crippen LogP contribution in [0, 0.1) is 34.0 Å². The molecule has 11 aromatic carbocycles. The van der Waals surface area contributed by atoms with Crippen molar-refractivity contribution in [3.8, 4) is 91.4 Å². The predicted molar refractivity (Wildman–Crippen MR) is 326 cm³/mol. The van der Waals surface area contributed by atoms with Crippen LogP contribution in [0.15, 0.2) is 255 Å². The van der Waals surface area contributed by atoms with Crippen LogP contribution in [0.4, 0.5) is 0 Å². The molecule has 0 spiro atoms. The first-order valence-corrected chi connectivity index (χ1v) is 26.7. The smallest absolute Gasteiger partial charge is 0.160 e. The van der Waals surface area contributed by atoms with Crippen LogP contribution in [0.5, 0.6) is 0 Å². The number of para-hydroxylation sites is 4. The first-order chi connectivity index (χ1) is 40.0. The van der Waals surface area contributed by atoms with Crippen molar-refractivity contribution in [2.75, 3.05) is 0 Å². The summed E-state index contributed by atoms with van der Waals surface area (Å²) >= 11 is 0. The minimum absolute atomic E-state index is 0.486. The summed E-state index contributed by atoms with van der Waals surface area (Å²) in [4.78, 5) is 9.88. The number of aromatic nitrogens is 5. The number of hydrogen-bond donors (Lipinski definition) is 0. The van der Waals surface area contributed by atoms with E-state index in [9.17, 15) is 15.8 Å². The van der Waals surface area contributed by atoms with Gasteiger partial charge in [-0.2, -0.15) is 15.8 Å². The van der Waals surface area contributed by atoms with E-state index in [2.05, 4.69) is 226 Å². The van der Waals surface area contributed by atoms with Crippen LogP contribution in [0.3, 0.4) is 0 Å². The molecule has 15 aromatic rings. The average molecular weight is 1030 g/mol. The zero-order valence-corrected chi connectivity index (χ0v) is 43.3. The Morgan fingerprint density at radius 1 is 0.272 bits per heavy atom. The quantitative estimate of drug-likeness (QED) is 0.150. The molecule has 15 rings (SSSR count). The van der Waals surface area contributed by atoms with Crippen LogP contribution in [0.2, 0.25) is 0 Å². The summed E-state index contributed by atoms with van der Waals surface area (Å²) in [5, 5.41) is 37.4. The SMILES string of the molecule is N#Cc1cccc(-c2cc(-c3ccc(-c4ccc(-c5ccc(-n6c7ccc(-n8c9ccccc9c9ccccc98)cc7c7cc(-n8c9ccccc9c9ccccc98)ccc76)c(C#N)c5)cc4)cc3)nc(-c3cccc(C#N)c3)n2)c1. The van der Waals surface area contributed by atoms with Gasteiger partial charge in [-0.05, 0) is 125 Å². The molecular formula is C73H42N8. The Morgan fingerprint density at radius 3 is 1.16 bits per heavy atom. The number of hydrogen-bond acceptors (Lipinski definition) is 5. The van der Waals surface area contributed by atoms with Crippen molar-refractivity contribution in [1.82, 2.24) is 23.7 Å². The zero-order chi connectivity index (χ0) is 54.1. The fourth-order valence-electron chi connectivity index (χ4n) is 12.0. The lowest BCUT2D eigenvalue weighted by molar-refractivity contribution is 1.15. The van der Waals surface area contributed by atoms with E-state index < -0.39 is 0 Å². The second-order valence-electron chi connectivity index (χ2n) is 20.3. The van der Waals surface area contributed by atoms with Crippen molar-refractivity contribution in [2.45, 2.75) is 0 Å². The Morgan fingerprint density at radius 2 is 0.679 bits per heavy atom. The normalized spacial score (nSPS) is 11.4. The second-order valence-corrected chi connectivity index (χ2v) is 20.3. The summed E-state index contributed by atoms with van der Waals surface area (Å²) in [6.07, 6.45) is 0. The molecule has 0 saturated heterocycles. The molecule has 0 radical (unpaired) electrons. The van der Waals surface area contributed by atoms with Crippen molar-refractivity contribution in [1.29, 1.82) is 15.8 Å². The second kappa shape index (κ2) is 18.8. The Labute approximate surface area is 465 Å². The lowest BCUT2D eigenvalue weighted by atomic mass is 9.97. The van der Waals surface area contributed by atoms with Gasteiger partial charge in [0.05, 0.1) is 79.0 Å². The van der Waals surface area contributed by atoms with Crippen LogP contribution in [-0.4, -0.2) is 23.7 Å². The van der Waals surface area contributed by atoms with E-state index in [1.807, 2.05) is 42.5 Å². The van der Waals surface area contributed by atoms with Gasteiger partial charge in [-0.25, -0.2) is 9.97 Å². The fraction of sp³-hybridized carbons (Fsp3) is 0. The molecule has 0 fully saturated rings. The van der Waals surface area contributed by atoms with Crippen molar-refractivity contribution < 1.29 is 0 Å². The highest BCUT2D eigenvalue weighted by atomic mass is 15.0. The highest BCUT2D eigenvalue weighted by Crippen LogP contribution is 2.41. The van der Waals surface area contributed by atoms with Crippen LogP contribution in [-0.2, 0) is 0 Å². The van der Waals surface area contributed by atoms with Crippen molar-refractivity contribution in [3.05, 3.63) is 271 Å².